The van der Waals surface area contributed by atoms with Crippen molar-refractivity contribution in [1.82, 2.24) is 0 Å². The second kappa shape index (κ2) is 9.64. The van der Waals surface area contributed by atoms with Gasteiger partial charge in [-0.25, -0.2) is 4.79 Å². The van der Waals surface area contributed by atoms with Gasteiger partial charge in [-0.3, -0.25) is 4.79 Å². The molecule has 2 aromatic rings. The normalized spacial score (nSPS) is 9.65. The molecule has 1 amide bonds. The molecule has 0 aliphatic carbocycles. The number of nitrogens with two attached hydrogens (primary N) is 1. The minimum atomic E-state index is -1.16. The van der Waals surface area contributed by atoms with Crippen LogP contribution in [0.15, 0.2) is 48.5 Å². The smallest absolute Gasteiger partial charge is 0.337 e. The molecule has 23 heavy (non-hydrogen) atoms. The van der Waals surface area contributed by atoms with Crippen LogP contribution in [0.4, 0.5) is 0 Å². The Morgan fingerprint density at radius 1 is 1.09 bits per heavy atom. The van der Waals surface area contributed by atoms with Gasteiger partial charge in [0.1, 0.15) is 0 Å². The fourth-order valence-corrected chi connectivity index (χ4v) is 2.35. The highest BCUT2D eigenvalue weighted by molar-refractivity contribution is 6.33. The van der Waals surface area contributed by atoms with Gasteiger partial charge in [0, 0.05) is 0 Å². The highest BCUT2D eigenvalue weighted by Crippen LogP contribution is 2.20. The maximum absolute atomic E-state index is 10.8. The van der Waals surface area contributed by atoms with Crippen LogP contribution < -0.4 is 5.73 Å². The molecule has 122 valence electrons. The molecule has 2 rings (SSSR count). The fourth-order valence-electron chi connectivity index (χ4n) is 2.08. The summed E-state index contributed by atoms with van der Waals surface area (Å²) in [5.41, 5.74) is 6.68. The van der Waals surface area contributed by atoms with E-state index in [0.717, 1.165) is 0 Å². The summed E-state index contributed by atoms with van der Waals surface area (Å²) in [6.45, 7) is 2.20. The quantitative estimate of drug-likeness (QED) is 0.875. The number of hydrogen-bond donors (Lipinski definition) is 2. The summed E-state index contributed by atoms with van der Waals surface area (Å²) in [4.78, 5) is 21.4. The Hall–Kier alpha value is -2.33. The van der Waals surface area contributed by atoms with Crippen molar-refractivity contribution in [2.75, 3.05) is 0 Å². The largest absolute Gasteiger partial charge is 0.478 e. The summed E-state index contributed by atoms with van der Waals surface area (Å²) in [6, 6.07) is 15.1. The van der Waals surface area contributed by atoms with Gasteiger partial charge in [0.2, 0.25) is 5.91 Å². The molecule has 0 atom stereocenters. The number of carboxylic acids is 1. The van der Waals surface area contributed by atoms with E-state index in [1.165, 1.54) is 30.5 Å². The third-order valence-electron chi connectivity index (χ3n) is 3.06. The van der Waals surface area contributed by atoms with Gasteiger partial charge >= 0.3 is 5.97 Å². The van der Waals surface area contributed by atoms with Gasteiger partial charge in [0.25, 0.3) is 0 Å². The zero-order chi connectivity index (χ0) is 17.2. The number of aromatic carboxylic acids is 1. The first-order valence-corrected chi connectivity index (χ1v) is 7.66. The van der Waals surface area contributed by atoms with Crippen LogP contribution in [-0.4, -0.2) is 17.0 Å². The number of primary amides is 1. The van der Waals surface area contributed by atoms with E-state index in [2.05, 4.69) is 37.3 Å². The van der Waals surface area contributed by atoms with Crippen molar-refractivity contribution >= 4 is 23.5 Å². The zero-order valence-electron chi connectivity index (χ0n) is 13.0. The van der Waals surface area contributed by atoms with E-state index in [-0.39, 0.29) is 17.0 Å². The van der Waals surface area contributed by atoms with E-state index in [4.69, 9.17) is 22.4 Å². The van der Waals surface area contributed by atoms with Gasteiger partial charge in [-0.1, -0.05) is 67.4 Å². The summed E-state index contributed by atoms with van der Waals surface area (Å²) in [6.07, 6.45) is 2.33. The number of hydrogen-bond acceptors (Lipinski definition) is 2. The van der Waals surface area contributed by atoms with Crippen LogP contribution in [0, 0.1) is 0 Å². The SMILES string of the molecule is CCCc1ccccc1.NC(=O)Cc1cccc(Cl)c1C(=O)O. The minimum Gasteiger partial charge on any atom is -0.478 e. The Bertz CT molecular complexity index is 657. The molecule has 0 fully saturated rings. The van der Waals surface area contributed by atoms with Crippen LogP contribution >= 0.6 is 11.6 Å². The van der Waals surface area contributed by atoms with Crippen molar-refractivity contribution in [3.05, 3.63) is 70.2 Å². The zero-order valence-corrected chi connectivity index (χ0v) is 13.7. The Labute approximate surface area is 140 Å². The standard InChI is InChI=1S/C9H8ClNO3.C9H12/c10-6-3-1-2-5(4-7(11)12)8(6)9(13)14;1-2-6-9-7-4-3-5-8-9/h1-3H,4H2,(H2,11,12)(H,13,14);3-5,7-8H,2,6H2,1H3. The van der Waals surface area contributed by atoms with Crippen molar-refractivity contribution in [3.63, 3.8) is 0 Å². The second-order valence-electron chi connectivity index (χ2n) is 4.96. The topological polar surface area (TPSA) is 80.4 Å². The molecule has 0 spiro atoms. The summed E-state index contributed by atoms with van der Waals surface area (Å²) in [7, 11) is 0. The van der Waals surface area contributed by atoms with E-state index < -0.39 is 11.9 Å². The Kier molecular flexibility index (Phi) is 7.84. The Balaban J connectivity index is 0.000000253. The van der Waals surface area contributed by atoms with E-state index >= 15 is 0 Å². The number of carboxylic acid groups (broad SMARTS) is 1. The molecule has 0 heterocycles. The molecule has 2 aromatic carbocycles. The lowest BCUT2D eigenvalue weighted by molar-refractivity contribution is -0.117. The fraction of sp³-hybridized carbons (Fsp3) is 0.222. The average molecular weight is 334 g/mol. The lowest BCUT2D eigenvalue weighted by Gasteiger charge is -2.04. The van der Waals surface area contributed by atoms with Gasteiger partial charge in [0.15, 0.2) is 0 Å². The summed E-state index contributed by atoms with van der Waals surface area (Å²) in [5.74, 6) is -1.75. The van der Waals surface area contributed by atoms with Crippen LogP contribution in [0.2, 0.25) is 5.02 Å². The predicted octanol–water partition coefficient (Wildman–Crippen LogP) is 3.71. The lowest BCUT2D eigenvalue weighted by Crippen LogP contribution is -2.16. The summed E-state index contributed by atoms with van der Waals surface area (Å²) < 4.78 is 0. The molecule has 0 unspecified atom stereocenters. The van der Waals surface area contributed by atoms with E-state index in [9.17, 15) is 9.59 Å². The maximum atomic E-state index is 10.8. The van der Waals surface area contributed by atoms with Crippen LogP contribution in [0.3, 0.4) is 0 Å². The van der Waals surface area contributed by atoms with Crippen LogP contribution in [0.5, 0.6) is 0 Å². The minimum absolute atomic E-state index is 0.0621. The number of rotatable bonds is 5. The molecule has 5 heteroatoms. The highest BCUT2D eigenvalue weighted by Gasteiger charge is 2.15. The molecule has 0 saturated carbocycles. The van der Waals surface area contributed by atoms with Gasteiger partial charge in [-0.2, -0.15) is 0 Å². The number of aryl methyl sites for hydroxylation is 1. The van der Waals surface area contributed by atoms with Crippen LogP contribution in [0.1, 0.15) is 34.8 Å². The van der Waals surface area contributed by atoms with Crippen molar-refractivity contribution in [2.45, 2.75) is 26.2 Å². The molecular formula is C18H20ClNO3. The van der Waals surface area contributed by atoms with Crippen molar-refractivity contribution in [3.8, 4) is 0 Å². The summed E-state index contributed by atoms with van der Waals surface area (Å²) >= 11 is 5.67. The Morgan fingerprint density at radius 2 is 1.74 bits per heavy atom. The molecule has 0 radical (unpaired) electrons. The summed E-state index contributed by atoms with van der Waals surface area (Å²) in [5, 5.41) is 8.93. The van der Waals surface area contributed by atoms with Gasteiger partial charge in [0.05, 0.1) is 17.0 Å². The van der Waals surface area contributed by atoms with E-state index in [0.29, 0.717) is 5.56 Å². The molecule has 3 N–H and O–H groups in total. The van der Waals surface area contributed by atoms with Gasteiger partial charge in [-0.05, 0) is 23.6 Å². The van der Waals surface area contributed by atoms with E-state index in [1.54, 1.807) is 6.07 Å². The first kappa shape index (κ1) is 18.7. The lowest BCUT2D eigenvalue weighted by atomic mass is 10.0. The first-order valence-electron chi connectivity index (χ1n) is 7.28. The number of carbonyl (C=O) groups excluding carboxylic acids is 1. The predicted molar refractivity (Wildman–Crippen MR) is 91.7 cm³/mol. The third-order valence-corrected chi connectivity index (χ3v) is 3.37. The molecule has 0 aromatic heterocycles. The molecule has 0 bridgehead atoms. The molecule has 0 aliphatic rings. The maximum Gasteiger partial charge on any atom is 0.337 e. The van der Waals surface area contributed by atoms with Crippen LogP contribution in [0.25, 0.3) is 0 Å². The van der Waals surface area contributed by atoms with Gasteiger partial charge < -0.3 is 10.8 Å². The monoisotopic (exact) mass is 333 g/mol. The number of benzene rings is 2. The molecule has 0 aliphatic heterocycles. The second-order valence-corrected chi connectivity index (χ2v) is 5.37. The molecular weight excluding hydrogens is 314 g/mol. The van der Waals surface area contributed by atoms with Crippen molar-refractivity contribution in [1.29, 1.82) is 0 Å². The van der Waals surface area contributed by atoms with Crippen molar-refractivity contribution in [2.24, 2.45) is 5.73 Å². The Morgan fingerprint density at radius 3 is 2.26 bits per heavy atom. The number of amides is 1. The van der Waals surface area contributed by atoms with Gasteiger partial charge in [-0.15, -0.1) is 0 Å². The average Bonchev–Trinajstić information content (AvgIpc) is 2.48. The van der Waals surface area contributed by atoms with Crippen LogP contribution in [-0.2, 0) is 17.6 Å². The van der Waals surface area contributed by atoms with E-state index in [1.807, 2.05) is 0 Å². The highest BCUT2D eigenvalue weighted by atomic mass is 35.5. The molecule has 4 nitrogen and oxygen atoms in total. The molecule has 0 saturated heterocycles. The number of halogens is 1. The van der Waals surface area contributed by atoms with Crippen molar-refractivity contribution < 1.29 is 14.7 Å². The third kappa shape index (κ3) is 6.53. The first-order chi connectivity index (χ1) is 11.0. The number of carbonyl (C=O) groups is 2.